The lowest BCUT2D eigenvalue weighted by Crippen LogP contribution is -2.33. The van der Waals surface area contributed by atoms with Crippen molar-refractivity contribution in [2.45, 2.75) is 25.6 Å². The van der Waals surface area contributed by atoms with E-state index in [9.17, 15) is 13.6 Å². The fourth-order valence-corrected chi connectivity index (χ4v) is 3.75. The Morgan fingerprint density at radius 2 is 1.89 bits per heavy atom. The molecule has 0 radical (unpaired) electrons. The minimum Gasteiger partial charge on any atom is -0.276 e. The average Bonchev–Trinajstić information content (AvgIpc) is 3.13. The van der Waals surface area contributed by atoms with Crippen molar-refractivity contribution >= 4 is 15.9 Å². The Morgan fingerprint density at radius 1 is 1.11 bits per heavy atom. The van der Waals surface area contributed by atoms with E-state index in [0.717, 1.165) is 29.6 Å². The molecule has 1 fully saturated rings. The molecule has 1 unspecified atom stereocenters. The number of aromatic nitrogens is 3. The van der Waals surface area contributed by atoms with Crippen LogP contribution in [0, 0.1) is 11.6 Å². The Kier molecular flexibility index (Phi) is 5.32. The molecule has 8 heteroatoms. The van der Waals surface area contributed by atoms with E-state index in [-0.39, 0.29) is 29.5 Å². The van der Waals surface area contributed by atoms with Gasteiger partial charge >= 0.3 is 0 Å². The second-order valence-electron chi connectivity index (χ2n) is 6.67. The average molecular weight is 447 g/mol. The molecule has 1 aliphatic rings. The van der Waals surface area contributed by atoms with Gasteiger partial charge in [-0.25, -0.2) is 13.5 Å². The van der Waals surface area contributed by atoms with Crippen molar-refractivity contribution in [1.29, 1.82) is 0 Å². The summed E-state index contributed by atoms with van der Waals surface area (Å²) < 4.78 is 30.3. The van der Waals surface area contributed by atoms with Gasteiger partial charge in [0.15, 0.2) is 0 Å². The van der Waals surface area contributed by atoms with Crippen LogP contribution in [-0.2, 0) is 6.67 Å². The normalized spacial score (nSPS) is 17.2. The lowest BCUT2D eigenvalue weighted by Gasteiger charge is -2.24. The maximum absolute atomic E-state index is 14.1. The van der Waals surface area contributed by atoms with Crippen molar-refractivity contribution in [2.75, 3.05) is 6.54 Å². The van der Waals surface area contributed by atoms with E-state index >= 15 is 0 Å². The number of hydrogen-bond donors (Lipinski definition) is 0. The summed E-state index contributed by atoms with van der Waals surface area (Å²) in [7, 11) is 0. The molecule has 0 aliphatic carbocycles. The highest BCUT2D eigenvalue weighted by Crippen LogP contribution is 2.31. The molecule has 3 heterocycles. The van der Waals surface area contributed by atoms with Gasteiger partial charge in [-0.05, 0) is 59.1 Å². The van der Waals surface area contributed by atoms with E-state index in [2.05, 4.69) is 30.9 Å². The molecular weight excluding hydrogens is 430 g/mol. The number of halogens is 3. The quantitative estimate of drug-likeness (QED) is 0.604. The highest BCUT2D eigenvalue weighted by molar-refractivity contribution is 9.10. The number of benzene rings is 1. The van der Waals surface area contributed by atoms with Gasteiger partial charge in [-0.1, -0.05) is 6.07 Å². The molecule has 0 spiro atoms. The van der Waals surface area contributed by atoms with Crippen LogP contribution in [0.3, 0.4) is 0 Å². The number of hydrogen-bond acceptors (Lipinski definition) is 4. The van der Waals surface area contributed by atoms with E-state index in [1.54, 1.807) is 6.20 Å². The van der Waals surface area contributed by atoms with Crippen LogP contribution in [0.4, 0.5) is 8.78 Å². The van der Waals surface area contributed by atoms with Gasteiger partial charge in [0, 0.05) is 23.3 Å². The first-order valence-electron chi connectivity index (χ1n) is 8.91. The molecule has 2 aromatic heterocycles. The largest absolute Gasteiger partial charge is 0.276 e. The van der Waals surface area contributed by atoms with Crippen LogP contribution in [0.5, 0.6) is 0 Å². The van der Waals surface area contributed by atoms with Gasteiger partial charge in [0.1, 0.15) is 11.6 Å². The summed E-state index contributed by atoms with van der Waals surface area (Å²) in [6, 6.07) is 10.2. The number of likely N-dealkylation sites (tertiary alicyclic amines) is 1. The molecule has 1 aliphatic heterocycles. The Balaban J connectivity index is 1.64. The van der Waals surface area contributed by atoms with Crippen molar-refractivity contribution in [2.24, 2.45) is 0 Å². The topological polar surface area (TPSA) is 51.0 Å². The highest BCUT2D eigenvalue weighted by Gasteiger charge is 2.27. The number of nitrogens with zero attached hydrogens (tertiary/aromatic N) is 4. The summed E-state index contributed by atoms with van der Waals surface area (Å²) in [5, 5.41) is 4.22. The minimum absolute atomic E-state index is 0.0654. The number of pyridine rings is 1. The third-order valence-corrected chi connectivity index (χ3v) is 5.33. The SMILES string of the molecule is O=c1ccc(-c2c(F)cccc2F)nn1CN1CCCC1c1ccc(Br)cn1. The molecule has 0 amide bonds. The van der Waals surface area contributed by atoms with Crippen molar-refractivity contribution in [3.8, 4) is 11.3 Å². The van der Waals surface area contributed by atoms with Crippen molar-refractivity contribution in [3.05, 3.63) is 80.8 Å². The van der Waals surface area contributed by atoms with Crippen LogP contribution in [0.25, 0.3) is 11.3 Å². The first kappa shape index (κ1) is 18.9. The molecule has 28 heavy (non-hydrogen) atoms. The molecule has 1 atom stereocenters. The Hall–Kier alpha value is -2.45. The second-order valence-corrected chi connectivity index (χ2v) is 7.58. The van der Waals surface area contributed by atoms with Gasteiger partial charge in [0.2, 0.25) is 0 Å². The zero-order valence-electron chi connectivity index (χ0n) is 14.9. The first-order valence-corrected chi connectivity index (χ1v) is 9.70. The van der Waals surface area contributed by atoms with E-state index in [1.807, 2.05) is 12.1 Å². The van der Waals surface area contributed by atoms with Gasteiger partial charge in [-0.15, -0.1) is 0 Å². The maximum atomic E-state index is 14.1. The van der Waals surface area contributed by atoms with Gasteiger partial charge < -0.3 is 0 Å². The second kappa shape index (κ2) is 7.89. The summed E-state index contributed by atoms with van der Waals surface area (Å²) in [6.45, 7) is 1.01. The zero-order valence-corrected chi connectivity index (χ0v) is 16.4. The molecule has 5 nitrogen and oxygen atoms in total. The molecule has 3 aromatic rings. The Labute approximate surface area is 168 Å². The van der Waals surface area contributed by atoms with E-state index < -0.39 is 11.6 Å². The minimum atomic E-state index is -0.712. The van der Waals surface area contributed by atoms with Gasteiger partial charge in [-0.3, -0.25) is 14.7 Å². The van der Waals surface area contributed by atoms with Crippen LogP contribution in [-0.4, -0.2) is 26.2 Å². The van der Waals surface area contributed by atoms with Crippen LogP contribution >= 0.6 is 15.9 Å². The fraction of sp³-hybridized carbons (Fsp3) is 0.250. The predicted molar refractivity (Wildman–Crippen MR) is 104 cm³/mol. The summed E-state index contributed by atoms with van der Waals surface area (Å²) in [4.78, 5) is 18.9. The maximum Gasteiger partial charge on any atom is 0.268 e. The summed E-state index contributed by atoms with van der Waals surface area (Å²) >= 11 is 3.38. The van der Waals surface area contributed by atoms with Crippen molar-refractivity contribution < 1.29 is 8.78 Å². The lowest BCUT2D eigenvalue weighted by atomic mass is 10.1. The summed E-state index contributed by atoms with van der Waals surface area (Å²) in [5.41, 5.74) is 0.455. The molecule has 4 rings (SSSR count). The number of rotatable bonds is 4. The van der Waals surface area contributed by atoms with Crippen LogP contribution in [0.15, 0.2) is 57.9 Å². The van der Waals surface area contributed by atoms with E-state index in [4.69, 9.17) is 0 Å². The van der Waals surface area contributed by atoms with Crippen molar-refractivity contribution in [1.82, 2.24) is 19.7 Å². The van der Waals surface area contributed by atoms with Crippen LogP contribution < -0.4 is 5.56 Å². The molecule has 144 valence electrons. The zero-order chi connectivity index (χ0) is 19.7. The fourth-order valence-electron chi connectivity index (χ4n) is 3.51. The predicted octanol–water partition coefficient (Wildman–Crippen LogP) is 4.14. The smallest absolute Gasteiger partial charge is 0.268 e. The summed E-state index contributed by atoms with van der Waals surface area (Å²) in [5.74, 6) is -1.42. The molecular formula is C20H17BrF2N4O. The van der Waals surface area contributed by atoms with Crippen molar-refractivity contribution in [3.63, 3.8) is 0 Å². The standard InChI is InChI=1S/C20H17BrF2N4O/c21-13-6-7-16(24-11-13)18-5-2-10-26(18)12-27-19(28)9-8-17(25-27)20-14(22)3-1-4-15(20)23/h1,3-4,6-9,11,18H,2,5,10,12H2. The molecule has 0 N–H and O–H groups in total. The van der Waals surface area contributed by atoms with Gasteiger partial charge in [-0.2, -0.15) is 5.10 Å². The summed E-state index contributed by atoms with van der Waals surface area (Å²) in [6.07, 6.45) is 3.64. The van der Waals surface area contributed by atoms with Gasteiger partial charge in [0.25, 0.3) is 5.56 Å². The molecule has 1 aromatic carbocycles. The first-order chi connectivity index (χ1) is 13.5. The van der Waals surface area contributed by atoms with Crippen LogP contribution in [0.1, 0.15) is 24.6 Å². The monoisotopic (exact) mass is 446 g/mol. The third-order valence-electron chi connectivity index (χ3n) is 4.86. The molecule has 0 bridgehead atoms. The Morgan fingerprint density at radius 3 is 2.61 bits per heavy atom. The Bertz CT molecular complexity index is 1030. The molecule has 0 saturated carbocycles. The third kappa shape index (κ3) is 3.74. The van der Waals surface area contributed by atoms with Crippen LogP contribution in [0.2, 0.25) is 0 Å². The highest BCUT2D eigenvalue weighted by atomic mass is 79.9. The lowest BCUT2D eigenvalue weighted by molar-refractivity contribution is 0.184. The van der Waals surface area contributed by atoms with Gasteiger partial charge in [0.05, 0.1) is 29.7 Å². The van der Waals surface area contributed by atoms with E-state index in [1.165, 1.54) is 35.0 Å². The molecule has 1 saturated heterocycles. The van der Waals surface area contributed by atoms with E-state index in [0.29, 0.717) is 0 Å².